The molecule has 9 rings (SSSR count). The molecule has 0 saturated carbocycles. The van der Waals surface area contributed by atoms with Crippen molar-refractivity contribution in [1.29, 1.82) is 0 Å². The van der Waals surface area contributed by atoms with E-state index in [1.54, 1.807) is 0 Å². The fourth-order valence-electron chi connectivity index (χ4n) is 9.40. The first-order chi connectivity index (χ1) is 28.5. The van der Waals surface area contributed by atoms with Crippen molar-refractivity contribution in [3.63, 3.8) is 0 Å². The maximum absolute atomic E-state index is 5.74. The molecule has 0 aliphatic carbocycles. The van der Waals surface area contributed by atoms with E-state index in [4.69, 9.17) is 9.98 Å². The van der Waals surface area contributed by atoms with Gasteiger partial charge in [-0.15, -0.1) is 11.4 Å². The molecular weight excluding hydrogens is 768 g/mol. The maximum Gasteiger partial charge on any atom is 2.00 e. The molecule has 3 heteroatoms. The minimum absolute atomic E-state index is 0. The zero-order chi connectivity index (χ0) is 39.5. The summed E-state index contributed by atoms with van der Waals surface area (Å²) < 4.78 is 0. The molecule has 0 atom stereocenters. The summed E-state index contributed by atoms with van der Waals surface area (Å²) >= 11 is 0. The predicted octanol–water partition coefficient (Wildman–Crippen LogP) is 13.2. The van der Waals surface area contributed by atoms with Crippen LogP contribution < -0.4 is 4.98 Å². The molecule has 0 saturated heterocycles. The van der Waals surface area contributed by atoms with Crippen LogP contribution in [0.25, 0.3) is 5.57 Å². The van der Waals surface area contributed by atoms with Gasteiger partial charge < -0.3 is 12.4 Å². The summed E-state index contributed by atoms with van der Waals surface area (Å²) in [7, 11) is 0. The average Bonchev–Trinajstić information content (AvgIpc) is 3.97. The van der Waals surface area contributed by atoms with E-state index in [-0.39, 0.29) is 24.5 Å². The van der Waals surface area contributed by atoms with E-state index in [9.17, 15) is 0 Å². The third kappa shape index (κ3) is 7.15. The predicted molar refractivity (Wildman–Crippen MR) is 247 cm³/mol. The van der Waals surface area contributed by atoms with Crippen LogP contribution >= 0.6 is 0 Å². The van der Waals surface area contributed by atoms with Crippen LogP contribution in [0.5, 0.6) is 0 Å². The molecule has 2 nitrogen and oxygen atoms in total. The molecule has 0 spiro atoms. The first kappa shape index (κ1) is 41.6. The summed E-state index contributed by atoms with van der Waals surface area (Å²) in [5.74, 6) is 0. The quantitative estimate of drug-likeness (QED) is 0.0767. The van der Waals surface area contributed by atoms with Crippen molar-refractivity contribution in [3.8, 4) is 0 Å². The van der Waals surface area contributed by atoms with Gasteiger partial charge in [0.2, 0.25) is 0 Å². The summed E-state index contributed by atoms with van der Waals surface area (Å²) in [4.78, 5) is 11.5. The number of hydrogen-bond acceptors (Lipinski definition) is 1. The van der Waals surface area contributed by atoms with Crippen LogP contribution in [0.3, 0.4) is 0 Å². The summed E-state index contributed by atoms with van der Waals surface area (Å²) in [5, 5.41) is 0. The van der Waals surface area contributed by atoms with Crippen LogP contribution in [-0.2, 0) is 27.9 Å². The number of aliphatic imine (C=N–C) groups is 1. The molecule has 1 aliphatic rings. The molecule has 0 amide bonds. The molecule has 294 valence electrons. The Balaban J connectivity index is 0.00000272. The van der Waals surface area contributed by atoms with Crippen LogP contribution in [0.15, 0.2) is 229 Å². The van der Waals surface area contributed by atoms with Gasteiger partial charge >= 0.3 is 17.1 Å². The largest absolute Gasteiger partial charge is 2.00 e. The first-order valence-corrected chi connectivity index (χ1v) is 20.1. The van der Waals surface area contributed by atoms with Gasteiger partial charge in [-0.1, -0.05) is 212 Å². The van der Waals surface area contributed by atoms with Gasteiger partial charge in [0.25, 0.3) is 0 Å². The molecule has 8 aromatic rings. The van der Waals surface area contributed by atoms with Crippen molar-refractivity contribution in [2.75, 3.05) is 0 Å². The SMILES string of the molecule is Cc1cc(C)c(C(=C2C=CC(C(c3ccccc3)(c3ccccc3)c3ccccc3)=N2)c2ccc(C(c3ccccc3)(c3ccccc3)c3ccccc3)[n-]2)c(C)c1.[CH3-].[Fe+2]. The van der Waals surface area contributed by atoms with Gasteiger partial charge in [-0.05, 0) is 88.6 Å². The Hall–Kier alpha value is -6.51. The standard InChI is InChI=1S/C56H45N2.CH3.Fe/c1-40-38-41(2)53(42(3)39-40)54(49-34-36-51(57-49)55(43-22-10-4-11-23-43,44-24-12-5-13-25-44)45-26-14-6-15-27-45)50-35-37-52(58-50)56(46-28-16-7-17-29-46,47-30-18-8-19-31-47)48-32-20-9-21-33-48;;/h4-39H,1-3H3;1H3;/q2*-1;+2. The molecule has 0 bridgehead atoms. The van der Waals surface area contributed by atoms with E-state index in [0.29, 0.717) is 0 Å². The van der Waals surface area contributed by atoms with Gasteiger partial charge in [-0.25, -0.2) is 0 Å². The molecule has 0 fully saturated rings. The minimum atomic E-state index is -0.668. The first-order valence-electron chi connectivity index (χ1n) is 20.1. The van der Waals surface area contributed by atoms with Gasteiger partial charge in [0, 0.05) is 0 Å². The normalized spacial score (nSPS) is 13.2. The Morgan fingerprint density at radius 2 is 0.783 bits per heavy atom. The van der Waals surface area contributed by atoms with E-state index in [1.165, 1.54) is 16.7 Å². The molecule has 0 N–H and O–H groups in total. The molecular formula is C57H48FeN2. The van der Waals surface area contributed by atoms with Crippen molar-refractivity contribution in [3.05, 3.63) is 299 Å². The van der Waals surface area contributed by atoms with Gasteiger partial charge in [-0.2, -0.15) is 0 Å². The Morgan fingerprint density at radius 3 is 1.15 bits per heavy atom. The smallest absolute Gasteiger partial charge is 0.659 e. The van der Waals surface area contributed by atoms with E-state index < -0.39 is 10.8 Å². The van der Waals surface area contributed by atoms with Crippen LogP contribution in [0.4, 0.5) is 0 Å². The zero-order valence-electron chi connectivity index (χ0n) is 34.5. The van der Waals surface area contributed by atoms with Gasteiger partial charge in [0.05, 0.1) is 22.2 Å². The second-order valence-electron chi connectivity index (χ2n) is 15.3. The number of aromatic nitrogens is 1. The molecule has 7 aromatic carbocycles. The second kappa shape index (κ2) is 17.8. The van der Waals surface area contributed by atoms with Crippen molar-refractivity contribution >= 4 is 11.3 Å². The molecule has 0 unspecified atom stereocenters. The number of rotatable bonds is 10. The molecule has 1 aliphatic heterocycles. The van der Waals surface area contributed by atoms with Crippen LogP contribution in [-0.4, -0.2) is 5.71 Å². The third-order valence-electron chi connectivity index (χ3n) is 11.7. The maximum atomic E-state index is 5.74. The van der Waals surface area contributed by atoms with Crippen LogP contribution in [0.1, 0.15) is 67.0 Å². The van der Waals surface area contributed by atoms with Crippen LogP contribution in [0, 0.1) is 28.2 Å². The van der Waals surface area contributed by atoms with Gasteiger partial charge in [-0.3, -0.25) is 4.99 Å². The van der Waals surface area contributed by atoms with E-state index in [1.807, 2.05) is 0 Å². The van der Waals surface area contributed by atoms with Crippen molar-refractivity contribution in [2.45, 2.75) is 31.6 Å². The Morgan fingerprint density at radius 1 is 0.433 bits per heavy atom. The average molecular weight is 817 g/mol. The summed E-state index contributed by atoms with van der Waals surface area (Å²) in [5.41, 5.74) is 15.2. The Kier molecular flexibility index (Phi) is 12.3. The van der Waals surface area contributed by atoms with Crippen molar-refractivity contribution in [1.82, 2.24) is 4.98 Å². The third-order valence-corrected chi connectivity index (χ3v) is 11.7. The molecule has 1 aromatic heterocycles. The van der Waals surface area contributed by atoms with E-state index >= 15 is 0 Å². The number of aryl methyl sites for hydroxylation is 3. The molecule has 0 radical (unpaired) electrons. The molecule has 60 heavy (non-hydrogen) atoms. The fourth-order valence-corrected chi connectivity index (χ4v) is 9.40. The summed E-state index contributed by atoms with van der Waals surface area (Å²) in [6.07, 6.45) is 4.44. The Bertz CT molecular complexity index is 2550. The fraction of sp³-hybridized carbons (Fsp3) is 0.0877. The van der Waals surface area contributed by atoms with Crippen molar-refractivity contribution < 1.29 is 17.1 Å². The second-order valence-corrected chi connectivity index (χ2v) is 15.3. The van der Waals surface area contributed by atoms with Gasteiger partial charge in [0.1, 0.15) is 0 Å². The van der Waals surface area contributed by atoms with Crippen molar-refractivity contribution in [2.24, 2.45) is 4.99 Å². The van der Waals surface area contributed by atoms with Crippen LogP contribution in [0.2, 0.25) is 0 Å². The number of nitrogens with zero attached hydrogens (tertiary/aromatic N) is 2. The van der Waals surface area contributed by atoms with E-state index in [0.717, 1.165) is 67.3 Å². The summed E-state index contributed by atoms with van der Waals surface area (Å²) in [6, 6.07) is 73.8. The van der Waals surface area contributed by atoms with Gasteiger partial charge in [0.15, 0.2) is 0 Å². The topological polar surface area (TPSA) is 26.5 Å². The molecule has 2 heterocycles. The van der Waals surface area contributed by atoms with E-state index in [2.05, 4.69) is 239 Å². The number of allylic oxidation sites excluding steroid dienone is 2. The minimum Gasteiger partial charge on any atom is -0.659 e. The zero-order valence-corrected chi connectivity index (χ0v) is 35.6. The monoisotopic (exact) mass is 816 g/mol. The number of hydrogen-bond donors (Lipinski definition) is 0. The number of benzene rings is 7. The summed E-state index contributed by atoms with van der Waals surface area (Å²) in [6.45, 7) is 6.60. The Labute approximate surface area is 366 Å².